The van der Waals surface area contributed by atoms with Crippen molar-refractivity contribution in [1.82, 2.24) is 4.57 Å². The van der Waals surface area contributed by atoms with E-state index in [0.717, 1.165) is 0 Å². The number of fused-ring (bicyclic) bond motifs is 2. The van der Waals surface area contributed by atoms with E-state index < -0.39 is 16.9 Å². The number of carbonyl (C=O) groups excluding carboxylic acids is 1. The summed E-state index contributed by atoms with van der Waals surface area (Å²) in [6.07, 6.45) is 0. The van der Waals surface area contributed by atoms with Crippen molar-refractivity contribution in [3.05, 3.63) is 69.0 Å². The number of benzene rings is 2. The van der Waals surface area contributed by atoms with Crippen molar-refractivity contribution in [2.75, 3.05) is 0 Å². The molecule has 0 bridgehead atoms. The molecule has 0 atom stereocenters. The van der Waals surface area contributed by atoms with E-state index in [4.69, 9.17) is 5.73 Å². The number of nitrogens with zero attached hydrogens (tertiary/aromatic N) is 1. The van der Waals surface area contributed by atoms with Crippen LogP contribution in [-0.4, -0.2) is 10.6 Å². The number of para-hydroxylation sites is 2. The van der Waals surface area contributed by atoms with Crippen molar-refractivity contribution in [3.8, 4) is 0 Å². The summed E-state index contributed by atoms with van der Waals surface area (Å²) in [5.74, 6) is 0. The average molecular weight is 266 g/mol. The van der Waals surface area contributed by atoms with Gasteiger partial charge >= 0.3 is 6.03 Å². The fourth-order valence-electron chi connectivity index (χ4n) is 2.33. The van der Waals surface area contributed by atoms with Crippen LogP contribution in [0.4, 0.5) is 4.79 Å². The molecule has 0 spiro atoms. The highest BCUT2D eigenvalue weighted by Gasteiger charge is 2.12. The third kappa shape index (κ3) is 1.60. The van der Waals surface area contributed by atoms with Crippen LogP contribution in [0.25, 0.3) is 21.8 Å². The maximum Gasteiger partial charge on any atom is 0.323 e. The molecule has 3 rings (SSSR count). The maximum absolute atomic E-state index is 12.2. The van der Waals surface area contributed by atoms with Gasteiger partial charge in [0.25, 0.3) is 0 Å². The number of hydrogen-bond donors (Lipinski definition) is 1. The number of aromatic nitrogens is 1. The van der Waals surface area contributed by atoms with Crippen LogP contribution in [0, 0.1) is 0 Å². The first-order valence-electron chi connectivity index (χ1n) is 5.98. The molecule has 0 aliphatic heterocycles. The highest BCUT2D eigenvalue weighted by Crippen LogP contribution is 2.15. The van der Waals surface area contributed by atoms with E-state index in [9.17, 15) is 14.4 Å². The topological polar surface area (TPSA) is 82.2 Å². The number of carbonyl (C=O) groups is 1. The van der Waals surface area contributed by atoms with Crippen LogP contribution in [-0.2, 0) is 0 Å². The first-order valence-corrected chi connectivity index (χ1v) is 5.98. The first kappa shape index (κ1) is 12.1. The largest absolute Gasteiger partial charge is 0.351 e. The van der Waals surface area contributed by atoms with E-state index in [0.29, 0.717) is 11.0 Å². The molecule has 0 saturated carbocycles. The minimum atomic E-state index is -0.743. The van der Waals surface area contributed by atoms with Gasteiger partial charge in [-0.15, -0.1) is 0 Å². The summed E-state index contributed by atoms with van der Waals surface area (Å²) in [7, 11) is 0. The molecule has 5 nitrogen and oxygen atoms in total. The fourth-order valence-corrected chi connectivity index (χ4v) is 2.33. The number of primary amides is 1. The Morgan fingerprint density at radius 1 is 0.800 bits per heavy atom. The zero-order valence-electron chi connectivity index (χ0n) is 10.4. The second kappa shape index (κ2) is 4.31. The van der Waals surface area contributed by atoms with Gasteiger partial charge in [0, 0.05) is 0 Å². The van der Waals surface area contributed by atoms with Crippen molar-refractivity contribution >= 4 is 27.8 Å². The number of rotatable bonds is 0. The molecule has 1 amide bonds. The first-order chi connectivity index (χ1) is 9.61. The standard InChI is InChI=1S/C15H10N2O3/c16-15(20)17-11-7-3-1-5-9(11)13(18)14(19)10-6-2-4-8-12(10)17/h1-8H,(H2,16,20). The number of amides is 1. The van der Waals surface area contributed by atoms with Crippen LogP contribution in [0.15, 0.2) is 58.1 Å². The highest BCUT2D eigenvalue weighted by atomic mass is 16.2. The van der Waals surface area contributed by atoms with E-state index in [2.05, 4.69) is 0 Å². The Hall–Kier alpha value is -2.95. The lowest BCUT2D eigenvalue weighted by Crippen LogP contribution is -2.20. The Labute approximate surface area is 112 Å². The lowest BCUT2D eigenvalue weighted by molar-refractivity contribution is 0.252. The Balaban J connectivity index is 2.85. The van der Waals surface area contributed by atoms with Crippen LogP contribution in [0.5, 0.6) is 0 Å². The van der Waals surface area contributed by atoms with Crippen molar-refractivity contribution in [2.45, 2.75) is 0 Å². The quantitative estimate of drug-likeness (QED) is 0.625. The SMILES string of the molecule is NC(=O)n1c2ccccc2c(=O)c(=O)c2ccccc21. The van der Waals surface area contributed by atoms with Gasteiger partial charge in [0.1, 0.15) is 0 Å². The molecule has 1 heterocycles. The third-order valence-corrected chi connectivity index (χ3v) is 3.21. The predicted molar refractivity (Wildman–Crippen MR) is 77.0 cm³/mol. The predicted octanol–water partition coefficient (Wildman–Crippen LogP) is 1.44. The summed E-state index contributed by atoms with van der Waals surface area (Å²) in [5, 5.41) is 0.347. The minimum absolute atomic E-state index is 0.174. The number of nitrogens with two attached hydrogens (primary N) is 1. The Morgan fingerprint density at radius 2 is 1.20 bits per heavy atom. The van der Waals surface area contributed by atoms with Crippen LogP contribution in [0.3, 0.4) is 0 Å². The molecule has 1 aromatic heterocycles. The van der Waals surface area contributed by atoms with Gasteiger partial charge in [-0.2, -0.15) is 0 Å². The van der Waals surface area contributed by atoms with Crippen molar-refractivity contribution in [1.29, 1.82) is 0 Å². The Morgan fingerprint density at radius 3 is 1.60 bits per heavy atom. The van der Waals surface area contributed by atoms with Gasteiger partial charge in [-0.3, -0.25) is 14.2 Å². The van der Waals surface area contributed by atoms with Gasteiger partial charge in [0.2, 0.25) is 10.9 Å². The zero-order chi connectivity index (χ0) is 14.3. The molecule has 20 heavy (non-hydrogen) atoms. The average Bonchev–Trinajstić information content (AvgIpc) is 2.55. The molecule has 0 fully saturated rings. The smallest absolute Gasteiger partial charge is 0.323 e. The second-order valence-electron chi connectivity index (χ2n) is 4.37. The van der Waals surface area contributed by atoms with Gasteiger partial charge in [0.05, 0.1) is 21.8 Å². The normalized spacial score (nSPS) is 10.8. The second-order valence-corrected chi connectivity index (χ2v) is 4.37. The van der Waals surface area contributed by atoms with E-state index in [1.54, 1.807) is 36.4 Å². The Kier molecular flexibility index (Phi) is 2.61. The van der Waals surface area contributed by atoms with Gasteiger partial charge in [-0.05, 0) is 24.3 Å². The van der Waals surface area contributed by atoms with E-state index in [1.165, 1.54) is 16.7 Å². The molecule has 0 aliphatic rings. The molecular formula is C15H10N2O3. The van der Waals surface area contributed by atoms with Crippen molar-refractivity contribution in [3.63, 3.8) is 0 Å². The monoisotopic (exact) mass is 266 g/mol. The summed E-state index contributed by atoms with van der Waals surface area (Å²) < 4.78 is 1.19. The minimum Gasteiger partial charge on any atom is -0.351 e. The van der Waals surface area contributed by atoms with Gasteiger partial charge in [0.15, 0.2) is 0 Å². The summed E-state index contributed by atoms with van der Waals surface area (Å²) in [6.45, 7) is 0. The van der Waals surface area contributed by atoms with E-state index >= 15 is 0 Å². The molecule has 0 saturated heterocycles. The molecule has 0 unspecified atom stereocenters. The summed E-state index contributed by atoms with van der Waals surface area (Å²) in [5.41, 5.74) is 4.78. The molecule has 0 aliphatic carbocycles. The van der Waals surface area contributed by atoms with Gasteiger partial charge < -0.3 is 5.73 Å². The van der Waals surface area contributed by atoms with Crippen LogP contribution in [0.2, 0.25) is 0 Å². The number of hydrogen-bond acceptors (Lipinski definition) is 3. The summed E-state index contributed by atoms with van der Waals surface area (Å²) in [4.78, 5) is 36.2. The van der Waals surface area contributed by atoms with Crippen LogP contribution < -0.4 is 16.6 Å². The Bertz CT molecular complexity index is 901. The van der Waals surface area contributed by atoms with Gasteiger partial charge in [-0.1, -0.05) is 24.3 Å². The molecule has 0 radical (unpaired) electrons. The maximum atomic E-state index is 12.2. The summed E-state index contributed by atoms with van der Waals surface area (Å²) in [6, 6.07) is 12.1. The van der Waals surface area contributed by atoms with E-state index in [-0.39, 0.29) is 10.8 Å². The molecular weight excluding hydrogens is 256 g/mol. The van der Waals surface area contributed by atoms with Crippen LogP contribution in [0.1, 0.15) is 0 Å². The molecule has 3 aromatic rings. The lowest BCUT2D eigenvalue weighted by Gasteiger charge is -2.05. The molecule has 98 valence electrons. The van der Waals surface area contributed by atoms with E-state index in [1.807, 2.05) is 0 Å². The van der Waals surface area contributed by atoms with Crippen molar-refractivity contribution < 1.29 is 4.79 Å². The highest BCUT2D eigenvalue weighted by molar-refractivity contribution is 5.98. The fraction of sp³-hybridized carbons (Fsp3) is 0. The molecule has 5 heteroatoms. The van der Waals surface area contributed by atoms with Gasteiger partial charge in [-0.25, -0.2) is 4.79 Å². The van der Waals surface area contributed by atoms with Crippen molar-refractivity contribution in [2.24, 2.45) is 5.73 Å². The molecule has 2 N–H and O–H groups in total. The summed E-state index contributed by atoms with van der Waals surface area (Å²) >= 11 is 0. The lowest BCUT2D eigenvalue weighted by atomic mass is 10.2. The van der Waals surface area contributed by atoms with Crippen LogP contribution >= 0.6 is 0 Å². The third-order valence-electron chi connectivity index (χ3n) is 3.21. The zero-order valence-corrected chi connectivity index (χ0v) is 10.4. The molecule has 2 aromatic carbocycles.